The molecular formula is C17H20N8O2S. The number of piperidine rings is 1. The van der Waals surface area contributed by atoms with E-state index in [9.17, 15) is 9.59 Å². The topological polar surface area (TPSA) is 136 Å². The molecule has 0 radical (unpaired) electrons. The van der Waals surface area contributed by atoms with Crippen molar-refractivity contribution in [2.45, 2.75) is 12.8 Å². The quantitative estimate of drug-likeness (QED) is 0.621. The molecule has 10 nitrogen and oxygen atoms in total. The highest BCUT2D eigenvalue weighted by atomic mass is 32.1. The van der Waals surface area contributed by atoms with E-state index < -0.39 is 0 Å². The molecular weight excluding hydrogens is 380 g/mol. The Hall–Kier alpha value is -3.26. The van der Waals surface area contributed by atoms with Crippen molar-refractivity contribution in [2.75, 3.05) is 36.8 Å². The van der Waals surface area contributed by atoms with E-state index in [1.165, 1.54) is 11.3 Å². The van der Waals surface area contributed by atoms with Crippen LogP contribution in [0.1, 0.15) is 18.4 Å². The summed E-state index contributed by atoms with van der Waals surface area (Å²) < 4.78 is 0. The predicted octanol–water partition coefficient (Wildman–Crippen LogP) is 1.28. The first-order valence-corrected chi connectivity index (χ1v) is 9.74. The van der Waals surface area contributed by atoms with E-state index in [0.29, 0.717) is 55.5 Å². The number of carbonyl (C=O) groups is 2. The lowest BCUT2D eigenvalue weighted by Crippen LogP contribution is -2.47. The normalized spacial score (nSPS) is 14.2. The number of aromatic nitrogens is 3. The van der Waals surface area contributed by atoms with Crippen LogP contribution in [0.25, 0.3) is 0 Å². The molecule has 1 aliphatic rings. The summed E-state index contributed by atoms with van der Waals surface area (Å²) in [6.07, 6.45) is 2.82. The summed E-state index contributed by atoms with van der Waals surface area (Å²) in [5.74, 6) is 0.286. The molecule has 0 aliphatic carbocycles. The smallest absolute Gasteiger partial charge is 0.317 e. The van der Waals surface area contributed by atoms with E-state index in [1.807, 2.05) is 0 Å². The van der Waals surface area contributed by atoms with Crippen LogP contribution in [0.2, 0.25) is 0 Å². The molecule has 1 fully saturated rings. The minimum absolute atomic E-state index is 0.0790. The third kappa shape index (κ3) is 5.14. The maximum atomic E-state index is 12.3. The molecule has 0 saturated carbocycles. The highest BCUT2D eigenvalue weighted by molar-refractivity contribution is 7.13. The van der Waals surface area contributed by atoms with Crippen LogP contribution in [0.5, 0.6) is 0 Å². The lowest BCUT2D eigenvalue weighted by Gasteiger charge is -2.31. The van der Waals surface area contributed by atoms with E-state index in [2.05, 4.69) is 37.2 Å². The van der Waals surface area contributed by atoms with Crippen LogP contribution >= 0.6 is 11.3 Å². The molecule has 0 spiro atoms. The number of hydrogen-bond donors (Lipinski definition) is 3. The van der Waals surface area contributed by atoms with E-state index in [4.69, 9.17) is 5.26 Å². The first kappa shape index (κ1) is 19.5. The number of nitriles is 1. The Labute approximate surface area is 166 Å². The van der Waals surface area contributed by atoms with Crippen LogP contribution in [0.3, 0.4) is 0 Å². The second kappa shape index (κ2) is 9.61. The molecule has 0 aromatic carbocycles. The van der Waals surface area contributed by atoms with Crippen molar-refractivity contribution in [3.05, 3.63) is 29.4 Å². The first-order chi connectivity index (χ1) is 13.7. The van der Waals surface area contributed by atoms with Crippen LogP contribution in [0.4, 0.5) is 15.7 Å². The summed E-state index contributed by atoms with van der Waals surface area (Å²) in [4.78, 5) is 30.3. The van der Waals surface area contributed by atoms with Crippen LogP contribution < -0.4 is 16.0 Å². The van der Waals surface area contributed by atoms with Crippen molar-refractivity contribution in [3.63, 3.8) is 0 Å². The van der Waals surface area contributed by atoms with Gasteiger partial charge in [-0.25, -0.2) is 9.78 Å². The fourth-order valence-electron chi connectivity index (χ4n) is 2.88. The van der Waals surface area contributed by atoms with Crippen LogP contribution in [0.15, 0.2) is 23.8 Å². The van der Waals surface area contributed by atoms with Gasteiger partial charge in [0.05, 0.1) is 5.56 Å². The van der Waals surface area contributed by atoms with Crippen LogP contribution in [-0.2, 0) is 4.79 Å². The molecule has 3 heterocycles. The maximum Gasteiger partial charge on any atom is 0.317 e. The van der Waals surface area contributed by atoms with Crippen LogP contribution in [-0.4, -0.2) is 58.2 Å². The number of urea groups is 1. The second-order valence-electron chi connectivity index (χ2n) is 6.16. The van der Waals surface area contributed by atoms with Gasteiger partial charge in [0.1, 0.15) is 17.4 Å². The number of hydrogen-bond acceptors (Lipinski definition) is 8. The molecule has 0 unspecified atom stereocenters. The van der Waals surface area contributed by atoms with Crippen LogP contribution in [0, 0.1) is 17.2 Å². The molecule has 3 N–H and O–H groups in total. The summed E-state index contributed by atoms with van der Waals surface area (Å²) in [5, 5.41) is 25.6. The van der Waals surface area contributed by atoms with Crippen molar-refractivity contribution in [2.24, 2.45) is 5.92 Å². The third-order valence-corrected chi connectivity index (χ3v) is 4.97. The molecule has 1 aliphatic heterocycles. The average Bonchev–Trinajstić information content (AvgIpc) is 3.24. The van der Waals surface area contributed by atoms with E-state index >= 15 is 0 Å². The van der Waals surface area contributed by atoms with Gasteiger partial charge in [-0.2, -0.15) is 5.26 Å². The fourth-order valence-corrected chi connectivity index (χ4v) is 3.33. The van der Waals surface area contributed by atoms with Crippen molar-refractivity contribution >= 4 is 34.2 Å². The van der Waals surface area contributed by atoms with Crippen molar-refractivity contribution < 1.29 is 9.59 Å². The summed E-state index contributed by atoms with van der Waals surface area (Å²) in [7, 11) is 0. The van der Waals surface area contributed by atoms with Gasteiger partial charge in [-0.05, 0) is 25.0 Å². The average molecular weight is 400 g/mol. The molecule has 0 atom stereocenters. The fraction of sp³-hybridized carbons (Fsp3) is 0.412. The zero-order chi connectivity index (χ0) is 19.8. The summed E-state index contributed by atoms with van der Waals surface area (Å²) >= 11 is 1.28. The predicted molar refractivity (Wildman–Crippen MR) is 104 cm³/mol. The minimum Gasteiger partial charge on any atom is -0.367 e. The Morgan fingerprint density at radius 2 is 2.14 bits per heavy atom. The van der Waals surface area contributed by atoms with Gasteiger partial charge in [0.25, 0.3) is 0 Å². The number of nitrogens with one attached hydrogen (secondary N) is 3. The summed E-state index contributed by atoms with van der Waals surface area (Å²) in [6, 6.07) is 5.28. The zero-order valence-corrected chi connectivity index (χ0v) is 15.9. The Morgan fingerprint density at radius 1 is 1.32 bits per heavy atom. The Morgan fingerprint density at radius 3 is 2.86 bits per heavy atom. The summed E-state index contributed by atoms with van der Waals surface area (Å²) in [5.41, 5.74) is 2.02. The van der Waals surface area contributed by atoms with E-state index in [-0.39, 0.29) is 17.9 Å². The van der Waals surface area contributed by atoms with Gasteiger partial charge in [0.2, 0.25) is 11.0 Å². The molecule has 146 valence electrons. The zero-order valence-electron chi connectivity index (χ0n) is 15.1. The lowest BCUT2D eigenvalue weighted by molar-refractivity contribution is -0.121. The summed E-state index contributed by atoms with van der Waals surface area (Å²) in [6.45, 7) is 1.90. The Balaban J connectivity index is 1.36. The van der Waals surface area contributed by atoms with E-state index in [0.717, 1.165) is 0 Å². The van der Waals surface area contributed by atoms with Gasteiger partial charge in [-0.3, -0.25) is 4.79 Å². The number of nitrogens with zero attached hydrogens (tertiary/aromatic N) is 5. The van der Waals surface area contributed by atoms with Gasteiger partial charge in [0, 0.05) is 38.3 Å². The van der Waals surface area contributed by atoms with Gasteiger partial charge < -0.3 is 20.9 Å². The van der Waals surface area contributed by atoms with Crippen molar-refractivity contribution in [1.29, 1.82) is 5.26 Å². The highest BCUT2D eigenvalue weighted by Gasteiger charge is 2.27. The van der Waals surface area contributed by atoms with Gasteiger partial charge >= 0.3 is 6.03 Å². The van der Waals surface area contributed by atoms with Crippen molar-refractivity contribution in [3.8, 4) is 6.07 Å². The number of carbonyl (C=O) groups excluding carboxylic acids is 2. The molecule has 11 heteroatoms. The van der Waals surface area contributed by atoms with Gasteiger partial charge in [-0.1, -0.05) is 11.3 Å². The Bertz CT molecular complexity index is 843. The van der Waals surface area contributed by atoms with Crippen molar-refractivity contribution in [1.82, 2.24) is 25.4 Å². The molecule has 2 aromatic rings. The lowest BCUT2D eigenvalue weighted by atomic mass is 9.96. The Kier molecular flexibility index (Phi) is 6.69. The number of pyridine rings is 1. The molecule has 28 heavy (non-hydrogen) atoms. The highest BCUT2D eigenvalue weighted by Crippen LogP contribution is 2.20. The van der Waals surface area contributed by atoms with Gasteiger partial charge in [-0.15, -0.1) is 10.2 Å². The molecule has 1 saturated heterocycles. The molecule has 3 rings (SSSR count). The number of likely N-dealkylation sites (tertiary alicyclic amines) is 1. The first-order valence-electron chi connectivity index (χ1n) is 8.86. The second-order valence-corrected chi connectivity index (χ2v) is 7.00. The maximum absolute atomic E-state index is 12.3. The van der Waals surface area contributed by atoms with E-state index in [1.54, 1.807) is 28.7 Å². The SMILES string of the molecule is N#Cc1cccnc1NCCNC(=O)N1CCC(C(=O)Nc2nncs2)CC1. The molecule has 0 bridgehead atoms. The number of rotatable bonds is 6. The standard InChI is InChI=1S/C17H20N8O2S/c18-10-13-2-1-5-19-14(13)20-6-7-21-17(27)25-8-3-12(4-9-25)15(26)23-16-24-22-11-28-16/h1-2,5,11-12H,3-4,6-9H2,(H,19,20)(H,21,27)(H,23,24,26). The molecule has 3 amide bonds. The number of amides is 3. The number of anilines is 2. The van der Waals surface area contributed by atoms with Gasteiger partial charge in [0.15, 0.2) is 0 Å². The largest absolute Gasteiger partial charge is 0.367 e. The minimum atomic E-state index is -0.161. The monoisotopic (exact) mass is 400 g/mol. The molecule has 2 aromatic heterocycles. The third-order valence-electron chi connectivity index (χ3n) is 4.36.